The third-order valence-electron chi connectivity index (χ3n) is 2.16. The Morgan fingerprint density at radius 2 is 2.38 bits per heavy atom. The maximum absolute atomic E-state index is 10.5. The Morgan fingerprint density at radius 3 is 3.15 bits per heavy atom. The molecule has 1 aromatic rings. The molecule has 0 radical (unpaired) electrons. The number of carboxylic acid groups (broad SMARTS) is 1. The Kier molecular flexibility index (Phi) is 1.85. The summed E-state index contributed by atoms with van der Waals surface area (Å²) in [7, 11) is 0. The summed E-state index contributed by atoms with van der Waals surface area (Å²) in [5.74, 6) is -0.895. The van der Waals surface area contributed by atoms with Gasteiger partial charge in [0.15, 0.2) is 0 Å². The van der Waals surface area contributed by atoms with Crippen molar-refractivity contribution in [3.8, 4) is 0 Å². The van der Waals surface area contributed by atoms with E-state index in [9.17, 15) is 4.79 Å². The summed E-state index contributed by atoms with van der Waals surface area (Å²) >= 11 is 0. The van der Waals surface area contributed by atoms with Gasteiger partial charge in [-0.15, -0.1) is 0 Å². The van der Waals surface area contributed by atoms with Crippen LogP contribution >= 0.6 is 0 Å². The number of carboxylic acids is 1. The second-order valence-corrected chi connectivity index (χ2v) is 3.02. The number of aryl methyl sites for hydroxylation is 1. The topological polar surface area (TPSA) is 50.2 Å². The van der Waals surface area contributed by atoms with Crippen molar-refractivity contribution in [1.29, 1.82) is 0 Å². The summed E-state index contributed by atoms with van der Waals surface area (Å²) in [6, 6.07) is 3.87. The molecule has 3 nitrogen and oxygen atoms in total. The Hall–Kier alpha value is -1.64. The first-order chi connectivity index (χ1) is 6.27. The molecule has 1 aromatic heterocycles. The molecular formula is C10H9NO2. The highest BCUT2D eigenvalue weighted by atomic mass is 16.4. The molecule has 0 aliphatic heterocycles. The number of hydrogen-bond donors (Lipinski definition) is 1. The molecule has 0 saturated carbocycles. The first-order valence-electron chi connectivity index (χ1n) is 4.15. The number of pyridine rings is 1. The van der Waals surface area contributed by atoms with Crippen molar-refractivity contribution in [3.05, 3.63) is 35.7 Å². The average molecular weight is 175 g/mol. The van der Waals surface area contributed by atoms with E-state index in [1.165, 1.54) is 6.08 Å². The molecule has 0 aromatic carbocycles. The van der Waals surface area contributed by atoms with Gasteiger partial charge in [-0.1, -0.05) is 6.07 Å². The quantitative estimate of drug-likeness (QED) is 0.658. The first kappa shape index (κ1) is 7.98. The van der Waals surface area contributed by atoms with Crippen LogP contribution in [0.4, 0.5) is 0 Å². The molecule has 0 spiro atoms. The highest BCUT2D eigenvalue weighted by molar-refractivity contribution is 5.90. The summed E-state index contributed by atoms with van der Waals surface area (Å²) in [6.07, 6.45) is 4.64. The maximum atomic E-state index is 10.5. The van der Waals surface area contributed by atoms with Gasteiger partial charge in [0.05, 0.1) is 5.69 Å². The number of aromatic nitrogens is 1. The van der Waals surface area contributed by atoms with Crippen LogP contribution in [0.3, 0.4) is 0 Å². The normalized spacial score (nSPS) is 17.4. The van der Waals surface area contributed by atoms with Crippen LogP contribution in [-0.4, -0.2) is 16.1 Å². The fourth-order valence-corrected chi connectivity index (χ4v) is 1.61. The standard InChI is InChI=1S/C10H9NO2/c12-9(13)6-8-4-3-7-2-1-5-11-10(7)8/h1-2,5-6H,3-4H2,(H,12,13)/b8-6+. The lowest BCUT2D eigenvalue weighted by atomic mass is 10.2. The highest BCUT2D eigenvalue weighted by Crippen LogP contribution is 2.29. The third-order valence-corrected chi connectivity index (χ3v) is 2.16. The second-order valence-electron chi connectivity index (χ2n) is 3.02. The monoisotopic (exact) mass is 175 g/mol. The van der Waals surface area contributed by atoms with Gasteiger partial charge in [-0.3, -0.25) is 4.98 Å². The van der Waals surface area contributed by atoms with E-state index in [2.05, 4.69) is 4.98 Å². The molecule has 0 bridgehead atoms. The maximum Gasteiger partial charge on any atom is 0.328 e. The van der Waals surface area contributed by atoms with Crippen LogP contribution in [0.25, 0.3) is 5.57 Å². The Labute approximate surface area is 75.7 Å². The second kappa shape index (κ2) is 3.01. The van der Waals surface area contributed by atoms with Crippen molar-refractivity contribution in [2.45, 2.75) is 12.8 Å². The SMILES string of the molecule is O=C(O)/C=C1\CCc2cccnc21. The van der Waals surface area contributed by atoms with E-state index in [4.69, 9.17) is 5.11 Å². The van der Waals surface area contributed by atoms with Crippen molar-refractivity contribution in [2.75, 3.05) is 0 Å². The van der Waals surface area contributed by atoms with Crippen LogP contribution in [0.5, 0.6) is 0 Å². The van der Waals surface area contributed by atoms with E-state index < -0.39 is 5.97 Å². The average Bonchev–Trinajstić information content (AvgIpc) is 2.48. The fraction of sp³-hybridized carbons (Fsp3) is 0.200. The van der Waals surface area contributed by atoms with Crippen molar-refractivity contribution in [3.63, 3.8) is 0 Å². The van der Waals surface area contributed by atoms with Gasteiger partial charge >= 0.3 is 5.97 Å². The van der Waals surface area contributed by atoms with Crippen molar-refractivity contribution >= 4 is 11.5 Å². The molecule has 3 heteroatoms. The molecule has 13 heavy (non-hydrogen) atoms. The van der Waals surface area contributed by atoms with E-state index >= 15 is 0 Å². The molecule has 0 unspecified atom stereocenters. The number of rotatable bonds is 1. The Bertz CT molecular complexity index is 382. The number of aliphatic carboxylic acids is 1. The van der Waals surface area contributed by atoms with E-state index in [0.29, 0.717) is 0 Å². The molecule has 2 rings (SSSR count). The zero-order valence-corrected chi connectivity index (χ0v) is 7.03. The van der Waals surface area contributed by atoms with Crippen molar-refractivity contribution in [2.24, 2.45) is 0 Å². The predicted molar refractivity (Wildman–Crippen MR) is 48.2 cm³/mol. The van der Waals surface area contributed by atoms with E-state index in [1.54, 1.807) is 6.20 Å². The van der Waals surface area contributed by atoms with Crippen LogP contribution in [-0.2, 0) is 11.2 Å². The lowest BCUT2D eigenvalue weighted by molar-refractivity contribution is -0.131. The van der Waals surface area contributed by atoms with E-state index in [-0.39, 0.29) is 0 Å². The highest BCUT2D eigenvalue weighted by Gasteiger charge is 2.17. The summed E-state index contributed by atoms with van der Waals surface area (Å²) < 4.78 is 0. The number of carbonyl (C=O) groups is 1. The lowest BCUT2D eigenvalue weighted by Gasteiger charge is -1.96. The molecule has 1 aliphatic rings. The fourth-order valence-electron chi connectivity index (χ4n) is 1.61. The molecule has 0 atom stereocenters. The first-order valence-corrected chi connectivity index (χ1v) is 4.15. The zero-order chi connectivity index (χ0) is 9.26. The summed E-state index contributed by atoms with van der Waals surface area (Å²) in [4.78, 5) is 14.6. The molecule has 0 amide bonds. The summed E-state index contributed by atoms with van der Waals surface area (Å²) in [5.41, 5.74) is 2.84. The van der Waals surface area contributed by atoms with Gasteiger partial charge in [0, 0.05) is 12.3 Å². The number of hydrogen-bond acceptors (Lipinski definition) is 2. The predicted octanol–water partition coefficient (Wildman–Crippen LogP) is 1.50. The molecule has 1 N–H and O–H groups in total. The zero-order valence-electron chi connectivity index (χ0n) is 7.03. The molecule has 1 heterocycles. The van der Waals surface area contributed by atoms with Crippen LogP contribution < -0.4 is 0 Å². The Morgan fingerprint density at radius 1 is 1.54 bits per heavy atom. The summed E-state index contributed by atoms with van der Waals surface area (Å²) in [6.45, 7) is 0. The number of allylic oxidation sites excluding steroid dienone is 1. The number of fused-ring (bicyclic) bond motifs is 1. The molecule has 66 valence electrons. The van der Waals surface area contributed by atoms with Crippen molar-refractivity contribution < 1.29 is 9.90 Å². The molecule has 0 saturated heterocycles. The van der Waals surface area contributed by atoms with Gasteiger partial charge < -0.3 is 5.11 Å². The van der Waals surface area contributed by atoms with E-state index in [0.717, 1.165) is 29.7 Å². The van der Waals surface area contributed by atoms with Crippen LogP contribution in [0.2, 0.25) is 0 Å². The Balaban J connectivity index is 2.44. The third kappa shape index (κ3) is 1.45. The van der Waals surface area contributed by atoms with Crippen LogP contribution in [0.15, 0.2) is 24.4 Å². The van der Waals surface area contributed by atoms with Gasteiger partial charge in [0.2, 0.25) is 0 Å². The molecule has 0 fully saturated rings. The van der Waals surface area contributed by atoms with Crippen LogP contribution in [0, 0.1) is 0 Å². The van der Waals surface area contributed by atoms with Gasteiger partial charge in [-0.2, -0.15) is 0 Å². The summed E-state index contributed by atoms with van der Waals surface area (Å²) in [5, 5.41) is 8.60. The minimum atomic E-state index is -0.895. The van der Waals surface area contributed by atoms with Gasteiger partial charge in [0.1, 0.15) is 0 Å². The smallest absolute Gasteiger partial charge is 0.328 e. The lowest BCUT2D eigenvalue weighted by Crippen LogP contribution is -1.91. The molecule has 1 aliphatic carbocycles. The number of nitrogens with zero attached hydrogens (tertiary/aromatic N) is 1. The van der Waals surface area contributed by atoms with E-state index in [1.807, 2.05) is 12.1 Å². The largest absolute Gasteiger partial charge is 0.478 e. The minimum absolute atomic E-state index is 0.790. The van der Waals surface area contributed by atoms with Crippen LogP contribution in [0.1, 0.15) is 17.7 Å². The van der Waals surface area contributed by atoms with Gasteiger partial charge in [-0.25, -0.2) is 4.79 Å². The van der Waals surface area contributed by atoms with Crippen molar-refractivity contribution in [1.82, 2.24) is 4.98 Å². The molecular weight excluding hydrogens is 166 g/mol. The van der Waals surface area contributed by atoms with Gasteiger partial charge in [0.25, 0.3) is 0 Å². The minimum Gasteiger partial charge on any atom is -0.478 e. The van der Waals surface area contributed by atoms with Gasteiger partial charge in [-0.05, 0) is 30.0 Å².